The summed E-state index contributed by atoms with van der Waals surface area (Å²) in [5.41, 5.74) is 1.23. The van der Waals surface area contributed by atoms with Crippen LogP contribution in [0.15, 0.2) is 35.4 Å². The Kier molecular flexibility index (Phi) is 4.99. The molecule has 134 valence electrons. The number of H-pyrrole nitrogens is 1. The van der Waals surface area contributed by atoms with Crippen molar-refractivity contribution in [1.82, 2.24) is 15.0 Å². The highest BCUT2D eigenvalue weighted by molar-refractivity contribution is 7.16. The molecule has 0 aliphatic heterocycles. The van der Waals surface area contributed by atoms with Crippen molar-refractivity contribution in [2.75, 3.05) is 19.5 Å². The number of thiazole rings is 1. The highest BCUT2D eigenvalue weighted by Crippen LogP contribution is 2.37. The third-order valence-corrected chi connectivity index (χ3v) is 4.47. The third kappa shape index (κ3) is 3.57. The minimum atomic E-state index is -0.455. The van der Waals surface area contributed by atoms with Gasteiger partial charge in [-0.1, -0.05) is 0 Å². The SMILES string of the molecule is COc1ccc(-c2nc(NC(=O)c3c[nH]c(=O)cn3)sc2C)c(OC)c1. The fourth-order valence-electron chi connectivity index (χ4n) is 2.32. The number of hydrogen-bond acceptors (Lipinski definition) is 7. The van der Waals surface area contributed by atoms with Crippen LogP contribution in [0.1, 0.15) is 15.4 Å². The van der Waals surface area contributed by atoms with Gasteiger partial charge in [0, 0.05) is 22.7 Å². The van der Waals surface area contributed by atoms with Crippen LogP contribution in [-0.4, -0.2) is 35.1 Å². The maximum absolute atomic E-state index is 12.2. The van der Waals surface area contributed by atoms with E-state index in [2.05, 4.69) is 20.3 Å². The van der Waals surface area contributed by atoms with Crippen molar-refractivity contribution < 1.29 is 14.3 Å². The minimum Gasteiger partial charge on any atom is -0.497 e. The first-order valence-corrected chi connectivity index (χ1v) is 8.39. The summed E-state index contributed by atoms with van der Waals surface area (Å²) in [7, 11) is 3.16. The minimum absolute atomic E-state index is 0.0982. The Labute approximate surface area is 152 Å². The van der Waals surface area contributed by atoms with E-state index in [-0.39, 0.29) is 11.3 Å². The van der Waals surface area contributed by atoms with Crippen LogP contribution in [0.4, 0.5) is 5.13 Å². The van der Waals surface area contributed by atoms with Gasteiger partial charge in [-0.05, 0) is 19.1 Å². The molecule has 0 aliphatic carbocycles. The summed E-state index contributed by atoms with van der Waals surface area (Å²) in [6, 6.07) is 5.45. The molecule has 0 saturated carbocycles. The first-order valence-electron chi connectivity index (χ1n) is 7.57. The molecule has 1 aromatic carbocycles. The number of aryl methyl sites for hydroxylation is 1. The summed E-state index contributed by atoms with van der Waals surface area (Å²) in [6.07, 6.45) is 2.31. The number of anilines is 1. The topological polar surface area (TPSA) is 106 Å². The van der Waals surface area contributed by atoms with Crippen LogP contribution in [0.25, 0.3) is 11.3 Å². The summed E-state index contributed by atoms with van der Waals surface area (Å²) in [5, 5.41) is 3.11. The van der Waals surface area contributed by atoms with Gasteiger partial charge in [0.05, 0.1) is 26.1 Å². The molecule has 1 amide bonds. The van der Waals surface area contributed by atoms with Crippen LogP contribution in [0.5, 0.6) is 11.5 Å². The number of carbonyl (C=O) groups is 1. The standard InChI is InChI=1S/C17H16N4O4S/c1-9-15(11-5-4-10(24-2)6-13(11)25-3)20-17(26-9)21-16(23)12-7-19-14(22)8-18-12/h4-8H,1-3H3,(H,19,22)(H,20,21,23). The molecule has 2 aromatic heterocycles. The Morgan fingerprint density at radius 1 is 1.27 bits per heavy atom. The normalized spacial score (nSPS) is 10.4. The molecule has 0 aliphatic rings. The number of hydrogen-bond donors (Lipinski definition) is 2. The molecule has 0 fully saturated rings. The zero-order valence-electron chi connectivity index (χ0n) is 14.3. The van der Waals surface area contributed by atoms with Crippen molar-refractivity contribution in [2.24, 2.45) is 0 Å². The summed E-state index contributed by atoms with van der Waals surface area (Å²) >= 11 is 1.33. The number of nitrogens with one attached hydrogen (secondary N) is 2. The molecule has 0 bridgehead atoms. The van der Waals surface area contributed by atoms with Crippen LogP contribution < -0.4 is 20.3 Å². The molecule has 2 N–H and O–H groups in total. The maximum Gasteiger partial charge on any atom is 0.277 e. The molecule has 3 rings (SSSR count). The van der Waals surface area contributed by atoms with Crippen molar-refractivity contribution in [3.63, 3.8) is 0 Å². The lowest BCUT2D eigenvalue weighted by Crippen LogP contribution is -2.16. The lowest BCUT2D eigenvalue weighted by Gasteiger charge is -2.09. The average Bonchev–Trinajstić information content (AvgIpc) is 3.01. The second-order valence-electron chi connectivity index (χ2n) is 5.24. The van der Waals surface area contributed by atoms with Crippen LogP contribution in [0, 0.1) is 6.92 Å². The van der Waals surface area contributed by atoms with Gasteiger partial charge >= 0.3 is 0 Å². The molecule has 8 nitrogen and oxygen atoms in total. The molecular weight excluding hydrogens is 356 g/mol. The number of ether oxygens (including phenoxy) is 2. The molecule has 0 saturated heterocycles. The number of methoxy groups -OCH3 is 2. The van der Waals surface area contributed by atoms with Crippen molar-refractivity contribution in [3.05, 3.63) is 51.5 Å². The maximum atomic E-state index is 12.2. The lowest BCUT2D eigenvalue weighted by molar-refractivity contribution is 0.102. The Hall–Kier alpha value is -3.20. The monoisotopic (exact) mass is 372 g/mol. The molecule has 3 aromatic rings. The zero-order valence-corrected chi connectivity index (χ0v) is 15.1. The van der Waals surface area contributed by atoms with Gasteiger partial charge in [-0.2, -0.15) is 0 Å². The zero-order chi connectivity index (χ0) is 18.7. The van der Waals surface area contributed by atoms with Gasteiger partial charge in [-0.25, -0.2) is 9.97 Å². The van der Waals surface area contributed by atoms with Crippen molar-refractivity contribution in [3.8, 4) is 22.8 Å². The second kappa shape index (κ2) is 7.36. The van der Waals surface area contributed by atoms with Crippen LogP contribution in [0.2, 0.25) is 0 Å². The summed E-state index contributed by atoms with van der Waals surface area (Å²) < 4.78 is 10.6. The number of amides is 1. The molecular formula is C17H16N4O4S. The first-order chi connectivity index (χ1) is 12.5. The van der Waals surface area contributed by atoms with Crippen molar-refractivity contribution >= 4 is 22.4 Å². The summed E-state index contributed by atoms with van der Waals surface area (Å²) in [5.74, 6) is 0.845. The summed E-state index contributed by atoms with van der Waals surface area (Å²) in [6.45, 7) is 1.91. The van der Waals surface area contributed by atoms with Gasteiger partial charge in [0.15, 0.2) is 5.13 Å². The highest BCUT2D eigenvalue weighted by Gasteiger charge is 2.17. The molecule has 2 heterocycles. The number of carbonyl (C=O) groups excluding carboxylic acids is 1. The quantitative estimate of drug-likeness (QED) is 0.713. The van der Waals surface area contributed by atoms with Gasteiger partial charge in [0.2, 0.25) is 0 Å². The largest absolute Gasteiger partial charge is 0.497 e. The molecule has 0 unspecified atom stereocenters. The van der Waals surface area contributed by atoms with Crippen molar-refractivity contribution in [1.29, 1.82) is 0 Å². The van der Waals surface area contributed by atoms with Gasteiger partial charge in [0.25, 0.3) is 11.5 Å². The fourth-order valence-corrected chi connectivity index (χ4v) is 3.14. The average molecular weight is 372 g/mol. The number of aromatic amines is 1. The van der Waals surface area contributed by atoms with Gasteiger partial charge in [-0.15, -0.1) is 11.3 Å². The van der Waals surface area contributed by atoms with Gasteiger partial charge in [0.1, 0.15) is 17.2 Å². The second-order valence-corrected chi connectivity index (χ2v) is 6.44. The van der Waals surface area contributed by atoms with Crippen LogP contribution >= 0.6 is 11.3 Å². The van der Waals surface area contributed by atoms with Gasteiger partial charge < -0.3 is 14.5 Å². The van der Waals surface area contributed by atoms with Crippen LogP contribution in [-0.2, 0) is 0 Å². The Balaban J connectivity index is 1.89. The van der Waals surface area contributed by atoms with E-state index in [1.807, 2.05) is 19.1 Å². The molecule has 9 heteroatoms. The summed E-state index contributed by atoms with van der Waals surface area (Å²) in [4.78, 5) is 34.9. The fraction of sp³-hybridized carbons (Fsp3) is 0.176. The number of aromatic nitrogens is 3. The first kappa shape index (κ1) is 17.6. The van der Waals surface area contributed by atoms with E-state index in [1.54, 1.807) is 20.3 Å². The Bertz CT molecular complexity index is 992. The molecule has 0 atom stereocenters. The van der Waals surface area contributed by atoms with E-state index in [9.17, 15) is 9.59 Å². The number of nitrogens with zero attached hydrogens (tertiary/aromatic N) is 2. The molecule has 0 radical (unpaired) electrons. The van der Waals surface area contributed by atoms with Gasteiger partial charge in [-0.3, -0.25) is 14.9 Å². The Morgan fingerprint density at radius 2 is 2.08 bits per heavy atom. The van der Waals surface area contributed by atoms with E-state index in [4.69, 9.17) is 9.47 Å². The number of rotatable bonds is 5. The van der Waals surface area contributed by atoms with E-state index in [0.29, 0.717) is 22.3 Å². The van der Waals surface area contributed by atoms with Crippen LogP contribution in [0.3, 0.4) is 0 Å². The van der Waals surface area contributed by atoms with Crippen molar-refractivity contribution in [2.45, 2.75) is 6.92 Å². The van der Waals surface area contributed by atoms with E-state index in [1.165, 1.54) is 17.5 Å². The third-order valence-electron chi connectivity index (χ3n) is 3.59. The Morgan fingerprint density at radius 3 is 2.73 bits per heavy atom. The van der Waals surface area contributed by atoms with E-state index in [0.717, 1.165) is 16.6 Å². The molecule has 0 spiro atoms. The lowest BCUT2D eigenvalue weighted by atomic mass is 10.1. The molecule has 26 heavy (non-hydrogen) atoms. The predicted octanol–water partition coefficient (Wildman–Crippen LogP) is 2.47. The predicted molar refractivity (Wildman–Crippen MR) is 98.2 cm³/mol. The van der Waals surface area contributed by atoms with E-state index < -0.39 is 5.91 Å². The van der Waals surface area contributed by atoms with E-state index >= 15 is 0 Å². The highest BCUT2D eigenvalue weighted by atomic mass is 32.1. The number of benzene rings is 1. The smallest absolute Gasteiger partial charge is 0.277 e.